The van der Waals surface area contributed by atoms with Gasteiger partial charge >= 0.3 is 0 Å². The molecule has 1 amide bonds. The molecular weight excluding hydrogens is 284 g/mol. The molecule has 21 heavy (non-hydrogen) atoms. The molecule has 0 bridgehead atoms. The number of aliphatic hydroxyl groups excluding tert-OH is 1. The smallest absolute Gasteiger partial charge is 0.224 e. The van der Waals surface area contributed by atoms with Crippen LogP contribution in [0.5, 0.6) is 0 Å². The van der Waals surface area contributed by atoms with Crippen LogP contribution in [0, 0.1) is 17.8 Å². The van der Waals surface area contributed by atoms with Gasteiger partial charge in [0.15, 0.2) is 0 Å². The number of amides is 1. The third-order valence-corrected chi connectivity index (χ3v) is 5.17. The van der Waals surface area contributed by atoms with Gasteiger partial charge in [0, 0.05) is 30.4 Å². The van der Waals surface area contributed by atoms with Crippen molar-refractivity contribution in [1.29, 1.82) is 0 Å². The molecule has 2 saturated heterocycles. The fourth-order valence-electron chi connectivity index (χ4n) is 3.17. The molecule has 5 heteroatoms. The van der Waals surface area contributed by atoms with Crippen molar-refractivity contribution < 1.29 is 9.90 Å². The second-order valence-electron chi connectivity index (χ2n) is 5.57. The average molecular weight is 304 g/mol. The number of aliphatic hydroxyl groups is 1. The van der Waals surface area contributed by atoms with Crippen molar-refractivity contribution in [3.8, 4) is 11.8 Å². The van der Waals surface area contributed by atoms with Crippen molar-refractivity contribution >= 4 is 17.2 Å². The molecule has 2 unspecified atom stereocenters. The van der Waals surface area contributed by atoms with Crippen molar-refractivity contribution in [2.75, 3.05) is 19.7 Å². The largest absolute Gasteiger partial charge is 0.395 e. The van der Waals surface area contributed by atoms with Crippen molar-refractivity contribution in [3.63, 3.8) is 0 Å². The summed E-state index contributed by atoms with van der Waals surface area (Å²) < 4.78 is 0. The molecule has 3 heterocycles. The molecule has 2 aliphatic rings. The van der Waals surface area contributed by atoms with Gasteiger partial charge in [-0.15, -0.1) is 11.3 Å². The lowest BCUT2D eigenvalue weighted by atomic mass is 9.91. The van der Waals surface area contributed by atoms with E-state index < -0.39 is 0 Å². The highest BCUT2D eigenvalue weighted by Gasteiger charge is 2.40. The zero-order valence-corrected chi connectivity index (χ0v) is 12.8. The summed E-state index contributed by atoms with van der Waals surface area (Å²) in [6, 6.07) is 4.53. The van der Waals surface area contributed by atoms with Gasteiger partial charge in [0.05, 0.1) is 17.4 Å². The molecule has 2 atom stereocenters. The number of piperidine rings is 1. The van der Waals surface area contributed by atoms with E-state index in [0.29, 0.717) is 12.5 Å². The lowest BCUT2D eigenvalue weighted by molar-refractivity contribution is -0.124. The van der Waals surface area contributed by atoms with E-state index in [0.717, 1.165) is 37.4 Å². The molecule has 0 aliphatic carbocycles. The third-order valence-electron chi connectivity index (χ3n) is 4.19. The Kier molecular flexibility index (Phi) is 4.59. The van der Waals surface area contributed by atoms with Crippen LogP contribution in [0.25, 0.3) is 0 Å². The Morgan fingerprint density at radius 3 is 3.24 bits per heavy atom. The summed E-state index contributed by atoms with van der Waals surface area (Å²) in [5, 5.41) is 11.7. The molecule has 2 N–H and O–H groups in total. The summed E-state index contributed by atoms with van der Waals surface area (Å²) in [6.45, 7) is 2.88. The Bertz CT molecular complexity index is 572. The minimum atomic E-state index is 0.114. The number of hydrogen-bond donors (Lipinski definition) is 2. The minimum Gasteiger partial charge on any atom is -0.395 e. The molecule has 0 spiro atoms. The Hall–Kier alpha value is -1.35. The summed E-state index contributed by atoms with van der Waals surface area (Å²) in [5.41, 5.74) is 0. The Balaban J connectivity index is 1.64. The van der Waals surface area contributed by atoms with Gasteiger partial charge in [0.2, 0.25) is 5.91 Å². The van der Waals surface area contributed by atoms with Crippen LogP contribution >= 0.6 is 11.3 Å². The SMILES string of the molecule is O=C1NCC2C1CCCN2Cc1ccc(C#CCCO)s1. The molecule has 0 aromatic carbocycles. The Labute approximate surface area is 129 Å². The van der Waals surface area contributed by atoms with Crippen molar-refractivity contribution in [3.05, 3.63) is 21.9 Å². The molecule has 4 nitrogen and oxygen atoms in total. The van der Waals surface area contributed by atoms with Crippen LogP contribution in [0.4, 0.5) is 0 Å². The summed E-state index contributed by atoms with van der Waals surface area (Å²) in [7, 11) is 0. The van der Waals surface area contributed by atoms with Crippen LogP contribution in [-0.4, -0.2) is 41.7 Å². The molecule has 0 radical (unpaired) electrons. The number of nitrogens with zero attached hydrogens (tertiary/aromatic N) is 1. The standard InChI is InChI=1S/C16H20N2O2S/c19-9-2-1-4-12-6-7-13(21-12)11-18-8-3-5-14-15(18)10-17-16(14)20/h6-7,14-15,19H,2-3,5,8-11H2,(H,17,20). The number of fused-ring (bicyclic) bond motifs is 1. The van der Waals surface area contributed by atoms with Gasteiger partial charge in [-0.3, -0.25) is 9.69 Å². The number of carbonyl (C=O) groups excluding carboxylic acids is 1. The maximum Gasteiger partial charge on any atom is 0.224 e. The predicted octanol–water partition coefficient (Wildman–Crippen LogP) is 1.19. The van der Waals surface area contributed by atoms with Crippen LogP contribution in [0.15, 0.2) is 12.1 Å². The van der Waals surface area contributed by atoms with Gasteiger partial charge in [-0.1, -0.05) is 11.8 Å². The first kappa shape index (κ1) is 14.6. The molecule has 2 fully saturated rings. The first-order valence-corrected chi connectivity index (χ1v) is 8.30. The molecule has 0 saturated carbocycles. The number of hydrogen-bond acceptors (Lipinski definition) is 4. The zero-order chi connectivity index (χ0) is 14.7. The molecule has 2 aliphatic heterocycles. The van der Waals surface area contributed by atoms with Gasteiger partial charge in [-0.25, -0.2) is 0 Å². The molecule has 112 valence electrons. The van der Waals surface area contributed by atoms with Gasteiger partial charge in [-0.05, 0) is 31.5 Å². The highest BCUT2D eigenvalue weighted by molar-refractivity contribution is 7.12. The van der Waals surface area contributed by atoms with Gasteiger partial charge in [-0.2, -0.15) is 0 Å². The third kappa shape index (κ3) is 3.29. The van der Waals surface area contributed by atoms with E-state index in [1.165, 1.54) is 4.88 Å². The number of carbonyl (C=O) groups is 1. The Morgan fingerprint density at radius 1 is 1.48 bits per heavy atom. The van der Waals surface area contributed by atoms with E-state index in [9.17, 15) is 4.79 Å². The second-order valence-corrected chi connectivity index (χ2v) is 6.74. The first-order valence-electron chi connectivity index (χ1n) is 7.48. The van der Waals surface area contributed by atoms with E-state index in [4.69, 9.17) is 5.11 Å². The van der Waals surface area contributed by atoms with Gasteiger partial charge in [0.25, 0.3) is 0 Å². The maximum absolute atomic E-state index is 11.8. The molecule has 3 rings (SSSR count). The lowest BCUT2D eigenvalue weighted by Crippen LogP contribution is -2.44. The zero-order valence-electron chi connectivity index (χ0n) is 12.0. The fourth-order valence-corrected chi connectivity index (χ4v) is 4.08. The van der Waals surface area contributed by atoms with Crippen molar-refractivity contribution in [1.82, 2.24) is 10.2 Å². The topological polar surface area (TPSA) is 52.6 Å². The van der Waals surface area contributed by atoms with Crippen molar-refractivity contribution in [2.24, 2.45) is 5.92 Å². The van der Waals surface area contributed by atoms with E-state index in [2.05, 4.69) is 28.1 Å². The van der Waals surface area contributed by atoms with Crippen LogP contribution in [0.1, 0.15) is 29.0 Å². The number of likely N-dealkylation sites (tertiary alicyclic amines) is 1. The monoisotopic (exact) mass is 304 g/mol. The fraction of sp³-hybridized carbons (Fsp3) is 0.562. The maximum atomic E-state index is 11.8. The highest BCUT2D eigenvalue weighted by Crippen LogP contribution is 2.29. The van der Waals surface area contributed by atoms with Crippen LogP contribution < -0.4 is 5.32 Å². The van der Waals surface area contributed by atoms with Crippen molar-refractivity contribution in [2.45, 2.75) is 31.8 Å². The van der Waals surface area contributed by atoms with E-state index in [1.54, 1.807) is 11.3 Å². The number of thiophene rings is 1. The molecule has 1 aromatic heterocycles. The highest BCUT2D eigenvalue weighted by atomic mass is 32.1. The van der Waals surface area contributed by atoms with E-state index in [-0.39, 0.29) is 18.4 Å². The second kappa shape index (κ2) is 6.61. The van der Waals surface area contributed by atoms with E-state index in [1.807, 2.05) is 6.07 Å². The summed E-state index contributed by atoms with van der Waals surface area (Å²) in [6.07, 6.45) is 2.65. The normalized spacial score (nSPS) is 25.1. The van der Waals surface area contributed by atoms with E-state index >= 15 is 0 Å². The van der Waals surface area contributed by atoms with Crippen LogP contribution in [0.3, 0.4) is 0 Å². The summed E-state index contributed by atoms with van der Waals surface area (Å²) in [4.78, 5) is 16.6. The van der Waals surface area contributed by atoms with Gasteiger partial charge < -0.3 is 10.4 Å². The Morgan fingerprint density at radius 2 is 2.38 bits per heavy atom. The first-order chi connectivity index (χ1) is 10.3. The predicted molar refractivity (Wildman–Crippen MR) is 82.8 cm³/mol. The lowest BCUT2D eigenvalue weighted by Gasteiger charge is -2.35. The quantitative estimate of drug-likeness (QED) is 0.825. The molecular formula is C16H20N2O2S. The number of nitrogens with one attached hydrogen (secondary N) is 1. The average Bonchev–Trinajstić information content (AvgIpc) is 3.08. The summed E-state index contributed by atoms with van der Waals surface area (Å²) in [5.74, 6) is 6.44. The number of rotatable bonds is 3. The molecule has 1 aromatic rings. The van der Waals surface area contributed by atoms with Crippen LogP contribution in [-0.2, 0) is 11.3 Å². The van der Waals surface area contributed by atoms with Crippen LogP contribution in [0.2, 0.25) is 0 Å². The van der Waals surface area contributed by atoms with Gasteiger partial charge in [0.1, 0.15) is 0 Å². The minimum absolute atomic E-state index is 0.114. The summed E-state index contributed by atoms with van der Waals surface area (Å²) >= 11 is 1.71.